The molecule has 1 saturated carbocycles. The predicted octanol–water partition coefficient (Wildman–Crippen LogP) is 4.76. The fourth-order valence-electron chi connectivity index (χ4n) is 3.58. The van der Waals surface area contributed by atoms with Gasteiger partial charge in [0.15, 0.2) is 0 Å². The summed E-state index contributed by atoms with van der Waals surface area (Å²) in [6.45, 7) is -0.434. The lowest BCUT2D eigenvalue weighted by Gasteiger charge is -2.24. The second kappa shape index (κ2) is 11.3. The number of hydrogen-bond donors (Lipinski definition) is 1. The number of ether oxygens (including phenoxy) is 1. The molecule has 172 valence electrons. The minimum atomic E-state index is -4.01. The van der Waals surface area contributed by atoms with Crippen LogP contribution in [0.25, 0.3) is 0 Å². The topological polar surface area (TPSA) is 88.1 Å². The van der Waals surface area contributed by atoms with Crippen molar-refractivity contribution in [3.63, 3.8) is 0 Å². The van der Waals surface area contributed by atoms with E-state index >= 15 is 0 Å². The molecule has 9 heteroatoms. The van der Waals surface area contributed by atoms with Gasteiger partial charge >= 0.3 is 0 Å². The SMILES string of the molecule is COc1ccc(N(CC(=O)NN=C2CCCCCCC2)S(=O)(=O)c2ccccc2)cc1Cl. The minimum Gasteiger partial charge on any atom is -0.495 e. The van der Waals surface area contributed by atoms with Gasteiger partial charge in [0.05, 0.1) is 22.7 Å². The molecule has 2 aromatic carbocycles. The lowest BCUT2D eigenvalue weighted by Crippen LogP contribution is -2.39. The first-order chi connectivity index (χ1) is 15.4. The Morgan fingerprint density at radius 3 is 2.34 bits per heavy atom. The number of hydrazone groups is 1. The number of nitrogens with one attached hydrogen (secondary N) is 1. The Hall–Kier alpha value is -2.58. The molecule has 0 heterocycles. The van der Waals surface area contributed by atoms with E-state index in [-0.39, 0.29) is 15.6 Å². The monoisotopic (exact) mass is 477 g/mol. The van der Waals surface area contributed by atoms with Crippen molar-refractivity contribution in [2.75, 3.05) is 18.0 Å². The third kappa shape index (κ3) is 6.23. The summed E-state index contributed by atoms with van der Waals surface area (Å²) >= 11 is 6.23. The molecule has 2 aromatic rings. The predicted molar refractivity (Wildman–Crippen MR) is 127 cm³/mol. The van der Waals surface area contributed by atoms with E-state index in [1.54, 1.807) is 30.3 Å². The maximum absolute atomic E-state index is 13.4. The van der Waals surface area contributed by atoms with Crippen molar-refractivity contribution in [1.82, 2.24) is 5.43 Å². The van der Waals surface area contributed by atoms with Gasteiger partial charge in [-0.3, -0.25) is 9.10 Å². The zero-order valence-corrected chi connectivity index (χ0v) is 19.7. The van der Waals surface area contributed by atoms with Gasteiger partial charge in [0.1, 0.15) is 12.3 Å². The van der Waals surface area contributed by atoms with Crippen molar-refractivity contribution in [1.29, 1.82) is 0 Å². The normalized spacial score (nSPS) is 14.8. The number of nitrogens with zero attached hydrogens (tertiary/aromatic N) is 2. The molecule has 7 nitrogen and oxygen atoms in total. The highest BCUT2D eigenvalue weighted by Crippen LogP contribution is 2.31. The van der Waals surface area contributed by atoms with Crippen molar-refractivity contribution in [3.8, 4) is 5.75 Å². The van der Waals surface area contributed by atoms with E-state index in [2.05, 4.69) is 10.5 Å². The van der Waals surface area contributed by atoms with E-state index in [9.17, 15) is 13.2 Å². The summed E-state index contributed by atoms with van der Waals surface area (Å²) in [5.41, 5.74) is 3.75. The Kier molecular flexibility index (Phi) is 8.53. The third-order valence-corrected chi connectivity index (χ3v) is 7.39. The van der Waals surface area contributed by atoms with E-state index in [4.69, 9.17) is 16.3 Å². The van der Waals surface area contributed by atoms with E-state index in [1.807, 2.05) is 0 Å². The van der Waals surface area contributed by atoms with Gasteiger partial charge in [-0.1, -0.05) is 49.1 Å². The number of benzene rings is 2. The first-order valence-electron chi connectivity index (χ1n) is 10.7. The summed E-state index contributed by atoms with van der Waals surface area (Å²) in [6.07, 6.45) is 7.35. The Balaban J connectivity index is 1.85. The molecule has 0 aromatic heterocycles. The van der Waals surface area contributed by atoms with E-state index < -0.39 is 22.5 Å². The summed E-state index contributed by atoms with van der Waals surface area (Å²) in [4.78, 5) is 12.8. The fraction of sp³-hybridized carbons (Fsp3) is 0.391. The summed E-state index contributed by atoms with van der Waals surface area (Å²) in [7, 11) is -2.54. The average Bonchev–Trinajstić information content (AvgIpc) is 2.77. The molecule has 0 saturated heterocycles. The Bertz CT molecular complexity index is 1050. The van der Waals surface area contributed by atoms with Gasteiger partial charge in [-0.25, -0.2) is 13.8 Å². The molecule has 0 bridgehead atoms. The Labute approximate surface area is 194 Å². The molecular weight excluding hydrogens is 450 g/mol. The number of methoxy groups -OCH3 is 1. The van der Waals surface area contributed by atoms with Crippen LogP contribution in [0, 0.1) is 0 Å². The van der Waals surface area contributed by atoms with E-state index in [0.717, 1.165) is 48.5 Å². The average molecular weight is 478 g/mol. The molecule has 0 aliphatic heterocycles. The fourth-order valence-corrected chi connectivity index (χ4v) is 5.26. The molecule has 1 N–H and O–H groups in total. The van der Waals surface area contributed by atoms with Gasteiger partial charge in [0.25, 0.3) is 15.9 Å². The highest BCUT2D eigenvalue weighted by Gasteiger charge is 2.27. The van der Waals surface area contributed by atoms with Crippen LogP contribution in [0.2, 0.25) is 5.02 Å². The second-order valence-corrected chi connectivity index (χ2v) is 9.89. The molecule has 0 radical (unpaired) electrons. The van der Waals surface area contributed by atoms with Gasteiger partial charge in [-0.2, -0.15) is 5.10 Å². The molecule has 32 heavy (non-hydrogen) atoms. The number of amides is 1. The number of anilines is 1. The van der Waals surface area contributed by atoms with Crippen molar-refractivity contribution in [2.24, 2.45) is 5.10 Å². The smallest absolute Gasteiger partial charge is 0.264 e. The zero-order valence-electron chi connectivity index (χ0n) is 18.1. The van der Waals surface area contributed by atoms with Gasteiger partial charge in [-0.05, 0) is 56.0 Å². The van der Waals surface area contributed by atoms with Crippen LogP contribution in [-0.2, 0) is 14.8 Å². The highest BCUT2D eigenvalue weighted by molar-refractivity contribution is 7.92. The lowest BCUT2D eigenvalue weighted by molar-refractivity contribution is -0.119. The number of halogens is 1. The van der Waals surface area contributed by atoms with E-state index in [1.165, 1.54) is 31.7 Å². The van der Waals surface area contributed by atoms with Gasteiger partial charge in [0, 0.05) is 5.71 Å². The molecule has 1 aliphatic rings. The summed E-state index contributed by atoms with van der Waals surface area (Å²) < 4.78 is 32.9. The van der Waals surface area contributed by atoms with Crippen molar-refractivity contribution in [2.45, 2.75) is 49.8 Å². The van der Waals surface area contributed by atoms with Crippen LogP contribution in [0.5, 0.6) is 5.75 Å². The van der Waals surface area contributed by atoms with Crippen LogP contribution in [0.3, 0.4) is 0 Å². The molecule has 1 amide bonds. The number of rotatable bonds is 7. The largest absolute Gasteiger partial charge is 0.495 e. The summed E-state index contributed by atoms with van der Waals surface area (Å²) in [5.74, 6) is -0.112. The van der Waals surface area contributed by atoms with Crippen molar-refractivity contribution in [3.05, 3.63) is 53.6 Å². The number of carbonyl (C=O) groups excluding carboxylic acids is 1. The third-order valence-electron chi connectivity index (χ3n) is 5.31. The second-order valence-electron chi connectivity index (χ2n) is 7.62. The van der Waals surface area contributed by atoms with Crippen molar-refractivity contribution >= 4 is 38.9 Å². The molecule has 3 rings (SSSR count). The number of hydrogen-bond acceptors (Lipinski definition) is 5. The highest BCUT2D eigenvalue weighted by atomic mass is 35.5. The maximum atomic E-state index is 13.4. The standard InChI is InChI=1S/C23H28ClN3O4S/c1-31-22-15-14-19(16-21(22)24)27(32(29,30)20-12-8-5-9-13-20)17-23(28)26-25-18-10-6-3-2-4-7-11-18/h5,8-9,12-16H,2-4,6-7,10-11,17H2,1H3,(H,26,28). The first kappa shape index (κ1) is 24.1. The van der Waals surface area contributed by atoms with Gasteiger partial charge in [0.2, 0.25) is 0 Å². The van der Waals surface area contributed by atoms with E-state index in [0.29, 0.717) is 5.75 Å². The summed E-state index contributed by atoms with van der Waals surface area (Å²) in [5, 5.41) is 4.52. The zero-order chi connectivity index (χ0) is 23.0. The van der Waals surface area contributed by atoms with Crippen LogP contribution in [0.15, 0.2) is 58.5 Å². The molecule has 0 unspecified atom stereocenters. The maximum Gasteiger partial charge on any atom is 0.264 e. The molecule has 0 atom stereocenters. The minimum absolute atomic E-state index is 0.0751. The first-order valence-corrected chi connectivity index (χ1v) is 12.5. The molecule has 1 fully saturated rings. The molecule has 1 aliphatic carbocycles. The van der Waals surface area contributed by atoms with Crippen molar-refractivity contribution < 1.29 is 17.9 Å². The Morgan fingerprint density at radius 1 is 1.06 bits per heavy atom. The van der Waals surface area contributed by atoms with Crippen LogP contribution < -0.4 is 14.5 Å². The van der Waals surface area contributed by atoms with Crippen LogP contribution in [0.4, 0.5) is 5.69 Å². The van der Waals surface area contributed by atoms with Crippen LogP contribution >= 0.6 is 11.6 Å². The summed E-state index contributed by atoms with van der Waals surface area (Å²) in [6, 6.07) is 12.6. The van der Waals surface area contributed by atoms with Crippen LogP contribution in [-0.4, -0.2) is 33.7 Å². The van der Waals surface area contributed by atoms with Gasteiger partial charge in [-0.15, -0.1) is 0 Å². The quantitative estimate of drug-likeness (QED) is 0.582. The van der Waals surface area contributed by atoms with Gasteiger partial charge < -0.3 is 4.74 Å². The number of carbonyl (C=O) groups is 1. The Morgan fingerprint density at radius 2 is 1.72 bits per heavy atom. The number of sulfonamides is 1. The van der Waals surface area contributed by atoms with Crippen LogP contribution in [0.1, 0.15) is 44.9 Å². The molecular formula is C23H28ClN3O4S. The molecule has 0 spiro atoms. The lowest BCUT2D eigenvalue weighted by atomic mass is 9.99.